The van der Waals surface area contributed by atoms with Crippen LogP contribution in [-0.4, -0.2) is 30.7 Å². The summed E-state index contributed by atoms with van der Waals surface area (Å²) in [4.78, 5) is 28.0. The maximum Gasteiger partial charge on any atom is 0.300 e. The molecular formula is C27H25NO7. The number of aliphatic hydroxyl groups is 1. The van der Waals surface area contributed by atoms with E-state index in [4.69, 9.17) is 18.6 Å². The molecule has 2 aliphatic rings. The van der Waals surface area contributed by atoms with Crippen LogP contribution in [0.4, 0.5) is 5.69 Å². The predicted molar refractivity (Wildman–Crippen MR) is 128 cm³/mol. The lowest BCUT2D eigenvalue weighted by Gasteiger charge is -2.24. The largest absolute Gasteiger partial charge is 0.507 e. The molecule has 8 nitrogen and oxygen atoms in total. The fourth-order valence-corrected chi connectivity index (χ4v) is 4.58. The van der Waals surface area contributed by atoms with Gasteiger partial charge in [0.05, 0.1) is 18.9 Å². The first-order valence-electron chi connectivity index (χ1n) is 11.2. The zero-order chi connectivity index (χ0) is 24.9. The highest BCUT2D eigenvalue weighted by molar-refractivity contribution is 6.51. The number of ether oxygens (including phenoxy) is 3. The molecule has 0 bridgehead atoms. The molecule has 180 valence electrons. The second-order valence-corrected chi connectivity index (χ2v) is 8.79. The first-order valence-corrected chi connectivity index (χ1v) is 11.2. The normalized spacial score (nSPS) is 18.5. The van der Waals surface area contributed by atoms with Crippen molar-refractivity contribution in [2.45, 2.75) is 32.7 Å². The first kappa shape index (κ1) is 22.6. The van der Waals surface area contributed by atoms with Crippen LogP contribution in [0.5, 0.6) is 17.2 Å². The van der Waals surface area contributed by atoms with E-state index >= 15 is 0 Å². The zero-order valence-corrected chi connectivity index (χ0v) is 19.8. The molecule has 1 amide bonds. The molecule has 1 saturated heterocycles. The molecule has 1 aromatic heterocycles. The zero-order valence-electron chi connectivity index (χ0n) is 19.8. The van der Waals surface area contributed by atoms with Gasteiger partial charge in [-0.2, -0.15) is 0 Å². The van der Waals surface area contributed by atoms with Crippen molar-refractivity contribution in [3.63, 3.8) is 0 Å². The number of hydrogen-bond acceptors (Lipinski definition) is 7. The summed E-state index contributed by atoms with van der Waals surface area (Å²) >= 11 is 0. The van der Waals surface area contributed by atoms with Gasteiger partial charge in [-0.3, -0.25) is 14.5 Å². The quantitative estimate of drug-likeness (QED) is 0.312. The van der Waals surface area contributed by atoms with E-state index in [-0.39, 0.29) is 24.0 Å². The minimum atomic E-state index is -0.964. The van der Waals surface area contributed by atoms with E-state index in [9.17, 15) is 14.7 Å². The minimum Gasteiger partial charge on any atom is -0.507 e. The molecule has 35 heavy (non-hydrogen) atoms. The van der Waals surface area contributed by atoms with Gasteiger partial charge in [-0.05, 0) is 60.4 Å². The molecule has 0 saturated carbocycles. The molecule has 0 spiro atoms. The van der Waals surface area contributed by atoms with Crippen molar-refractivity contribution in [3.05, 3.63) is 76.8 Å². The van der Waals surface area contributed by atoms with Gasteiger partial charge in [0.2, 0.25) is 6.79 Å². The Bertz CT molecular complexity index is 1350. The summed E-state index contributed by atoms with van der Waals surface area (Å²) in [6.45, 7) is 5.92. The van der Waals surface area contributed by atoms with Crippen molar-refractivity contribution in [2.75, 3.05) is 18.8 Å². The summed E-state index contributed by atoms with van der Waals surface area (Å²) in [5.41, 5.74) is 2.40. The molecule has 5 rings (SSSR count). The van der Waals surface area contributed by atoms with Gasteiger partial charge in [-0.25, -0.2) is 0 Å². The number of ketones is 1. The Balaban J connectivity index is 1.70. The van der Waals surface area contributed by atoms with Crippen LogP contribution >= 0.6 is 0 Å². The molecule has 3 aromatic rings. The van der Waals surface area contributed by atoms with E-state index in [1.807, 2.05) is 26.8 Å². The molecule has 1 unspecified atom stereocenters. The number of anilines is 1. The Hall–Kier alpha value is -4.20. The van der Waals surface area contributed by atoms with E-state index < -0.39 is 17.7 Å². The van der Waals surface area contributed by atoms with Crippen LogP contribution in [-0.2, 0) is 9.59 Å². The molecule has 2 aromatic carbocycles. The van der Waals surface area contributed by atoms with Gasteiger partial charge in [-0.1, -0.05) is 13.8 Å². The first-order chi connectivity index (χ1) is 16.8. The van der Waals surface area contributed by atoms with E-state index in [2.05, 4.69) is 0 Å². The molecule has 1 fully saturated rings. The maximum atomic E-state index is 13.4. The van der Waals surface area contributed by atoms with Gasteiger partial charge in [-0.15, -0.1) is 0 Å². The molecule has 1 atom stereocenters. The maximum absolute atomic E-state index is 13.4. The summed E-state index contributed by atoms with van der Waals surface area (Å²) in [5, 5.41) is 11.5. The van der Waals surface area contributed by atoms with Crippen molar-refractivity contribution >= 4 is 23.1 Å². The highest BCUT2D eigenvalue weighted by atomic mass is 16.7. The predicted octanol–water partition coefficient (Wildman–Crippen LogP) is 5.08. The summed E-state index contributed by atoms with van der Waals surface area (Å²) in [5.74, 6) is 0.315. The highest BCUT2D eigenvalue weighted by Gasteiger charge is 2.48. The summed E-state index contributed by atoms with van der Waals surface area (Å²) in [6.07, 6.45) is 1.46. The average molecular weight is 475 g/mol. The Labute approximate surface area is 202 Å². The molecule has 1 N–H and O–H groups in total. The van der Waals surface area contributed by atoms with Crippen LogP contribution in [0.2, 0.25) is 0 Å². The number of methoxy groups -OCH3 is 1. The lowest BCUT2D eigenvalue weighted by Crippen LogP contribution is -2.29. The number of benzene rings is 2. The molecule has 0 radical (unpaired) electrons. The monoisotopic (exact) mass is 475 g/mol. The van der Waals surface area contributed by atoms with Crippen LogP contribution in [0.3, 0.4) is 0 Å². The number of aryl methyl sites for hydroxylation is 1. The highest BCUT2D eigenvalue weighted by Crippen LogP contribution is 2.45. The third-order valence-corrected chi connectivity index (χ3v) is 6.35. The number of carbonyl (C=O) groups is 2. The molecule has 0 aliphatic carbocycles. The van der Waals surface area contributed by atoms with Gasteiger partial charge in [0, 0.05) is 17.3 Å². The minimum absolute atomic E-state index is 0.0504. The molecular weight excluding hydrogens is 450 g/mol. The standard InChI is InChI=1S/C27H25NO7/c1-14(2)17-12-18(15(3)10-21(17)32-4)25(29)23-24(20-6-5-9-33-20)28(27(31)26(23)30)16-7-8-19-22(11-16)35-13-34-19/h5-12,14,24,29H,13H2,1-4H3/b25-23+. The van der Waals surface area contributed by atoms with Crippen molar-refractivity contribution < 1.29 is 33.3 Å². The molecule has 2 aliphatic heterocycles. The third kappa shape index (κ3) is 3.62. The lowest BCUT2D eigenvalue weighted by atomic mass is 9.92. The SMILES string of the molecule is COc1cc(C)c(/C(O)=C2\C(=O)C(=O)N(c3ccc4c(c3)OCO4)C2c2ccco2)cc1C(C)C. The van der Waals surface area contributed by atoms with Crippen LogP contribution in [0.1, 0.15) is 48.3 Å². The smallest absolute Gasteiger partial charge is 0.300 e. The Morgan fingerprint density at radius 2 is 1.89 bits per heavy atom. The van der Waals surface area contributed by atoms with Gasteiger partial charge in [0.1, 0.15) is 23.3 Å². The number of rotatable bonds is 5. The Morgan fingerprint density at radius 1 is 1.11 bits per heavy atom. The number of hydrogen-bond donors (Lipinski definition) is 1. The number of nitrogens with zero attached hydrogens (tertiary/aromatic N) is 1. The fraction of sp³-hybridized carbons (Fsp3) is 0.259. The van der Waals surface area contributed by atoms with Crippen LogP contribution in [0, 0.1) is 6.92 Å². The van der Waals surface area contributed by atoms with Crippen molar-refractivity contribution in [1.29, 1.82) is 0 Å². The number of aliphatic hydroxyl groups excluding tert-OH is 1. The lowest BCUT2D eigenvalue weighted by molar-refractivity contribution is -0.132. The number of carbonyl (C=O) groups excluding carboxylic acids is 2. The van der Waals surface area contributed by atoms with E-state index in [1.165, 1.54) is 11.2 Å². The van der Waals surface area contributed by atoms with Crippen molar-refractivity contribution in [2.24, 2.45) is 0 Å². The van der Waals surface area contributed by atoms with Gasteiger partial charge in [0.25, 0.3) is 11.7 Å². The average Bonchev–Trinajstić information content (AvgIpc) is 3.58. The Morgan fingerprint density at radius 3 is 2.57 bits per heavy atom. The summed E-state index contributed by atoms with van der Waals surface area (Å²) < 4.78 is 22.0. The van der Waals surface area contributed by atoms with Gasteiger partial charge >= 0.3 is 0 Å². The topological polar surface area (TPSA) is 98.4 Å². The van der Waals surface area contributed by atoms with Gasteiger partial charge < -0.3 is 23.7 Å². The van der Waals surface area contributed by atoms with Crippen LogP contribution < -0.4 is 19.1 Å². The molecule has 8 heteroatoms. The second-order valence-electron chi connectivity index (χ2n) is 8.79. The number of fused-ring (bicyclic) bond motifs is 1. The van der Waals surface area contributed by atoms with Crippen LogP contribution in [0.15, 0.2) is 58.7 Å². The fourth-order valence-electron chi connectivity index (χ4n) is 4.58. The second kappa shape index (κ2) is 8.54. The van der Waals surface area contributed by atoms with E-state index in [0.29, 0.717) is 39.8 Å². The molecule has 3 heterocycles. The number of Topliss-reactive ketones (excluding diaryl/α,β-unsaturated/α-hetero) is 1. The van der Waals surface area contributed by atoms with E-state index in [1.54, 1.807) is 43.5 Å². The Kier molecular flexibility index (Phi) is 5.51. The van der Waals surface area contributed by atoms with Crippen molar-refractivity contribution in [1.82, 2.24) is 0 Å². The third-order valence-electron chi connectivity index (χ3n) is 6.35. The number of amides is 1. The van der Waals surface area contributed by atoms with Crippen molar-refractivity contribution in [3.8, 4) is 17.2 Å². The van der Waals surface area contributed by atoms with Crippen LogP contribution in [0.25, 0.3) is 5.76 Å². The van der Waals surface area contributed by atoms with E-state index in [0.717, 1.165) is 5.56 Å². The summed E-state index contributed by atoms with van der Waals surface area (Å²) in [7, 11) is 1.59. The number of furan rings is 1. The van der Waals surface area contributed by atoms with Gasteiger partial charge in [0.15, 0.2) is 11.5 Å². The summed E-state index contributed by atoms with van der Waals surface area (Å²) in [6, 6.07) is 11.0.